The highest BCUT2D eigenvalue weighted by Gasteiger charge is 2.31. The van der Waals surface area contributed by atoms with Crippen molar-refractivity contribution in [3.8, 4) is 0 Å². The molecule has 1 fully saturated rings. The van der Waals surface area contributed by atoms with E-state index in [1.165, 1.54) is 12.8 Å². The van der Waals surface area contributed by atoms with Crippen LogP contribution in [0.15, 0.2) is 0 Å². The number of aliphatic hydroxyl groups excluding tert-OH is 2. The Bertz CT molecular complexity index is 112. The first-order chi connectivity index (χ1) is 5.29. The van der Waals surface area contributed by atoms with Crippen molar-refractivity contribution in [2.45, 2.75) is 26.2 Å². The van der Waals surface area contributed by atoms with Crippen molar-refractivity contribution in [2.75, 3.05) is 13.2 Å². The van der Waals surface area contributed by atoms with Gasteiger partial charge in [-0.25, -0.2) is 0 Å². The van der Waals surface area contributed by atoms with Crippen molar-refractivity contribution in [3.05, 3.63) is 0 Å². The van der Waals surface area contributed by atoms with Gasteiger partial charge < -0.3 is 10.2 Å². The van der Waals surface area contributed by atoms with E-state index in [2.05, 4.69) is 6.92 Å². The first-order valence-corrected chi connectivity index (χ1v) is 4.51. The molecule has 1 rings (SSSR count). The molecule has 0 radical (unpaired) electrons. The Kier molecular flexibility index (Phi) is 3.34. The molecule has 0 aromatic rings. The van der Waals surface area contributed by atoms with Crippen molar-refractivity contribution >= 4 is 0 Å². The Morgan fingerprint density at radius 2 is 2.00 bits per heavy atom. The summed E-state index contributed by atoms with van der Waals surface area (Å²) in [5.74, 6) is 1.67. The summed E-state index contributed by atoms with van der Waals surface area (Å²) >= 11 is 0. The summed E-state index contributed by atoms with van der Waals surface area (Å²) in [4.78, 5) is 0. The molecule has 0 unspecified atom stereocenters. The van der Waals surface area contributed by atoms with Crippen LogP contribution in [0.3, 0.4) is 0 Å². The van der Waals surface area contributed by atoms with Crippen molar-refractivity contribution in [1.82, 2.24) is 0 Å². The maximum absolute atomic E-state index is 9.05. The van der Waals surface area contributed by atoms with Crippen LogP contribution in [-0.2, 0) is 0 Å². The van der Waals surface area contributed by atoms with E-state index in [1.54, 1.807) is 0 Å². The van der Waals surface area contributed by atoms with Crippen LogP contribution in [0.2, 0.25) is 0 Å². The fourth-order valence-corrected chi connectivity index (χ4v) is 2.22. The van der Waals surface area contributed by atoms with Gasteiger partial charge in [0.15, 0.2) is 0 Å². The highest BCUT2D eigenvalue weighted by atomic mass is 16.3. The van der Waals surface area contributed by atoms with Crippen molar-refractivity contribution in [2.24, 2.45) is 17.8 Å². The molecule has 1 aliphatic rings. The van der Waals surface area contributed by atoms with Crippen molar-refractivity contribution < 1.29 is 10.2 Å². The summed E-state index contributed by atoms with van der Waals surface area (Å²) in [6, 6.07) is 0. The monoisotopic (exact) mass is 158 g/mol. The molecule has 0 saturated heterocycles. The van der Waals surface area contributed by atoms with Crippen LogP contribution >= 0.6 is 0 Å². The van der Waals surface area contributed by atoms with Gasteiger partial charge in [-0.2, -0.15) is 0 Å². The molecule has 66 valence electrons. The van der Waals surface area contributed by atoms with Gasteiger partial charge in [0.2, 0.25) is 0 Å². The lowest BCUT2D eigenvalue weighted by molar-refractivity contribution is 0.146. The van der Waals surface area contributed by atoms with Crippen LogP contribution < -0.4 is 0 Å². The number of aliphatic hydroxyl groups is 2. The zero-order valence-corrected chi connectivity index (χ0v) is 7.16. The lowest BCUT2D eigenvalue weighted by Crippen LogP contribution is -2.18. The molecule has 2 N–H and O–H groups in total. The van der Waals surface area contributed by atoms with E-state index in [0.717, 1.165) is 6.42 Å². The van der Waals surface area contributed by atoms with Crippen molar-refractivity contribution in [3.63, 3.8) is 0 Å². The summed E-state index contributed by atoms with van der Waals surface area (Å²) in [6.07, 6.45) is 3.28. The third kappa shape index (κ3) is 1.94. The van der Waals surface area contributed by atoms with E-state index < -0.39 is 0 Å². The zero-order valence-electron chi connectivity index (χ0n) is 7.16. The molecule has 0 spiro atoms. The predicted octanol–water partition coefficient (Wildman–Crippen LogP) is 1.02. The second-order valence-electron chi connectivity index (χ2n) is 3.67. The molecule has 0 aromatic heterocycles. The van der Waals surface area contributed by atoms with Gasteiger partial charge in [-0.3, -0.25) is 0 Å². The fourth-order valence-electron chi connectivity index (χ4n) is 2.22. The van der Waals surface area contributed by atoms with E-state index >= 15 is 0 Å². The van der Waals surface area contributed by atoms with E-state index in [4.69, 9.17) is 10.2 Å². The normalized spacial score (nSPS) is 37.9. The lowest BCUT2D eigenvalue weighted by Gasteiger charge is -2.19. The summed E-state index contributed by atoms with van der Waals surface area (Å²) < 4.78 is 0. The lowest BCUT2D eigenvalue weighted by atomic mass is 9.89. The van der Waals surface area contributed by atoms with Gasteiger partial charge in [0.25, 0.3) is 0 Å². The molecular formula is C9H18O2. The van der Waals surface area contributed by atoms with Gasteiger partial charge in [-0.15, -0.1) is 0 Å². The van der Waals surface area contributed by atoms with Crippen LogP contribution in [0.4, 0.5) is 0 Å². The SMILES string of the molecule is C[C@H]1CC[C@H](CCO)[C@@H]1CO. The quantitative estimate of drug-likeness (QED) is 0.644. The Labute approximate surface area is 68.2 Å². The molecule has 1 aliphatic carbocycles. The van der Waals surface area contributed by atoms with Crippen LogP contribution in [-0.4, -0.2) is 23.4 Å². The minimum absolute atomic E-state index is 0.272. The molecule has 0 aliphatic heterocycles. The second kappa shape index (κ2) is 4.07. The molecule has 2 nitrogen and oxygen atoms in total. The fraction of sp³-hybridized carbons (Fsp3) is 1.00. The maximum atomic E-state index is 9.05. The Morgan fingerprint density at radius 3 is 2.55 bits per heavy atom. The Balaban J connectivity index is 2.40. The first-order valence-electron chi connectivity index (χ1n) is 4.51. The summed E-state index contributed by atoms with van der Waals surface area (Å²) in [6.45, 7) is 2.76. The first kappa shape index (κ1) is 9.01. The van der Waals surface area contributed by atoms with E-state index in [1.807, 2.05) is 0 Å². The van der Waals surface area contributed by atoms with E-state index in [-0.39, 0.29) is 6.61 Å². The average molecular weight is 158 g/mol. The Morgan fingerprint density at radius 1 is 1.27 bits per heavy atom. The molecular weight excluding hydrogens is 140 g/mol. The second-order valence-corrected chi connectivity index (χ2v) is 3.67. The number of rotatable bonds is 3. The number of hydrogen-bond acceptors (Lipinski definition) is 2. The van der Waals surface area contributed by atoms with Crippen LogP contribution in [0.5, 0.6) is 0 Å². The third-order valence-electron chi connectivity index (χ3n) is 3.04. The average Bonchev–Trinajstić information content (AvgIpc) is 2.33. The summed E-state index contributed by atoms with van der Waals surface area (Å²) in [7, 11) is 0. The zero-order chi connectivity index (χ0) is 8.27. The molecule has 0 aromatic carbocycles. The minimum atomic E-state index is 0.272. The van der Waals surface area contributed by atoms with Gasteiger partial charge >= 0.3 is 0 Å². The number of hydrogen-bond donors (Lipinski definition) is 2. The van der Waals surface area contributed by atoms with Crippen molar-refractivity contribution in [1.29, 1.82) is 0 Å². The molecule has 2 heteroatoms. The summed E-state index contributed by atoms with van der Waals surface area (Å²) in [5, 5.41) is 17.8. The van der Waals surface area contributed by atoms with Crippen LogP contribution in [0, 0.1) is 17.8 Å². The van der Waals surface area contributed by atoms with Gasteiger partial charge in [0.05, 0.1) is 0 Å². The third-order valence-corrected chi connectivity index (χ3v) is 3.04. The van der Waals surface area contributed by atoms with E-state index in [9.17, 15) is 0 Å². The molecule has 0 amide bonds. The molecule has 0 heterocycles. The molecule has 11 heavy (non-hydrogen) atoms. The Hall–Kier alpha value is -0.0800. The van der Waals surface area contributed by atoms with Gasteiger partial charge in [0, 0.05) is 13.2 Å². The largest absolute Gasteiger partial charge is 0.396 e. The standard InChI is InChI=1S/C9H18O2/c1-7-2-3-8(4-5-10)9(7)6-11/h7-11H,2-6H2,1H3/t7-,8+,9+/m0/s1. The van der Waals surface area contributed by atoms with Crippen LogP contribution in [0.1, 0.15) is 26.2 Å². The van der Waals surface area contributed by atoms with Gasteiger partial charge in [-0.05, 0) is 30.6 Å². The molecule has 1 saturated carbocycles. The smallest absolute Gasteiger partial charge is 0.0464 e. The highest BCUT2D eigenvalue weighted by Crippen LogP contribution is 2.37. The molecule has 0 bridgehead atoms. The van der Waals surface area contributed by atoms with Gasteiger partial charge in [0.1, 0.15) is 0 Å². The van der Waals surface area contributed by atoms with Gasteiger partial charge in [-0.1, -0.05) is 13.3 Å². The molecule has 3 atom stereocenters. The maximum Gasteiger partial charge on any atom is 0.0464 e. The predicted molar refractivity (Wildman–Crippen MR) is 44.2 cm³/mol. The minimum Gasteiger partial charge on any atom is -0.396 e. The van der Waals surface area contributed by atoms with Crippen LogP contribution in [0.25, 0.3) is 0 Å². The summed E-state index contributed by atoms with van der Waals surface area (Å²) in [5.41, 5.74) is 0. The topological polar surface area (TPSA) is 40.5 Å². The highest BCUT2D eigenvalue weighted by molar-refractivity contribution is 4.81. The van der Waals surface area contributed by atoms with E-state index in [0.29, 0.717) is 24.4 Å².